The van der Waals surface area contributed by atoms with Gasteiger partial charge >= 0.3 is 0 Å². The van der Waals surface area contributed by atoms with Crippen molar-refractivity contribution in [2.75, 3.05) is 73.1 Å². The zero-order valence-corrected chi connectivity index (χ0v) is 12.3. The van der Waals surface area contributed by atoms with Crippen LogP contribution in [0.15, 0.2) is 0 Å². The molecule has 1 heterocycles. The van der Waals surface area contributed by atoms with Gasteiger partial charge in [-0.3, -0.25) is 9.69 Å². The van der Waals surface area contributed by atoms with Crippen LogP contribution in [0, 0.1) is 0 Å². The van der Waals surface area contributed by atoms with Crippen LogP contribution in [0.1, 0.15) is 6.42 Å². The molecular weight excluding hydrogens is 244 g/mol. The highest BCUT2D eigenvalue weighted by molar-refractivity contribution is 5.76. The van der Waals surface area contributed by atoms with Crippen molar-refractivity contribution in [2.24, 2.45) is 0 Å². The van der Waals surface area contributed by atoms with E-state index in [4.69, 9.17) is 4.74 Å². The van der Waals surface area contributed by atoms with E-state index < -0.39 is 0 Å². The summed E-state index contributed by atoms with van der Waals surface area (Å²) in [4.78, 5) is 15.9. The van der Waals surface area contributed by atoms with E-state index in [1.54, 1.807) is 0 Å². The lowest BCUT2D eigenvalue weighted by Gasteiger charge is -2.26. The number of morpholine rings is 1. The maximum absolute atomic E-state index is 11.5. The summed E-state index contributed by atoms with van der Waals surface area (Å²) < 4.78 is 5.29. The van der Waals surface area contributed by atoms with Crippen LogP contribution in [0.25, 0.3) is 0 Å². The van der Waals surface area contributed by atoms with Gasteiger partial charge in [0.1, 0.15) is 0 Å². The molecule has 0 aromatic carbocycles. The molecule has 1 amide bonds. The average molecular weight is 272 g/mol. The predicted molar refractivity (Wildman–Crippen MR) is 76.3 cm³/mol. The second-order valence-electron chi connectivity index (χ2n) is 5.11. The van der Waals surface area contributed by atoms with E-state index in [9.17, 15) is 4.79 Å². The Kier molecular flexibility index (Phi) is 8.73. The zero-order valence-electron chi connectivity index (χ0n) is 12.3. The molecule has 19 heavy (non-hydrogen) atoms. The summed E-state index contributed by atoms with van der Waals surface area (Å²) in [6, 6.07) is 0. The molecule has 1 rings (SSSR count). The summed E-state index contributed by atoms with van der Waals surface area (Å²) in [5, 5.41) is 6.22. The smallest absolute Gasteiger partial charge is 0.221 e. The van der Waals surface area contributed by atoms with Gasteiger partial charge in [-0.05, 0) is 14.1 Å². The summed E-state index contributed by atoms with van der Waals surface area (Å²) in [6.45, 7) is 8.05. The van der Waals surface area contributed by atoms with Crippen molar-refractivity contribution in [3.63, 3.8) is 0 Å². The van der Waals surface area contributed by atoms with Gasteiger partial charge in [-0.1, -0.05) is 0 Å². The Morgan fingerprint density at radius 1 is 1.21 bits per heavy atom. The van der Waals surface area contributed by atoms with E-state index in [2.05, 4.69) is 20.4 Å². The van der Waals surface area contributed by atoms with Gasteiger partial charge in [0.25, 0.3) is 0 Å². The molecular formula is C13H28N4O2. The first kappa shape index (κ1) is 16.4. The molecule has 0 radical (unpaired) electrons. The Bertz CT molecular complexity index is 243. The first-order chi connectivity index (χ1) is 9.18. The molecule has 1 fully saturated rings. The van der Waals surface area contributed by atoms with Gasteiger partial charge in [0, 0.05) is 52.2 Å². The molecule has 0 unspecified atom stereocenters. The monoisotopic (exact) mass is 272 g/mol. The van der Waals surface area contributed by atoms with Crippen LogP contribution in [-0.2, 0) is 9.53 Å². The summed E-state index contributed by atoms with van der Waals surface area (Å²) >= 11 is 0. The topological polar surface area (TPSA) is 56.8 Å². The third-order valence-corrected chi connectivity index (χ3v) is 3.12. The highest BCUT2D eigenvalue weighted by Gasteiger charge is 2.09. The molecule has 1 aliphatic heterocycles. The Balaban J connectivity index is 1.88. The second-order valence-corrected chi connectivity index (χ2v) is 5.11. The molecule has 0 aromatic heterocycles. The molecule has 112 valence electrons. The number of nitrogens with one attached hydrogen (secondary N) is 2. The molecule has 0 spiro atoms. The molecule has 0 atom stereocenters. The van der Waals surface area contributed by atoms with Crippen LogP contribution < -0.4 is 10.6 Å². The number of ether oxygens (including phenoxy) is 1. The van der Waals surface area contributed by atoms with Gasteiger partial charge in [0.05, 0.1) is 13.2 Å². The van der Waals surface area contributed by atoms with Crippen LogP contribution in [0.3, 0.4) is 0 Å². The third-order valence-electron chi connectivity index (χ3n) is 3.12. The second kappa shape index (κ2) is 10.1. The highest BCUT2D eigenvalue weighted by Crippen LogP contribution is 1.94. The standard InChI is InChI=1S/C13H28N4O2/c1-16(2)7-6-15-13(18)3-4-14-5-8-17-9-11-19-12-10-17/h14H,3-12H2,1-2H3,(H,15,18). The lowest BCUT2D eigenvalue weighted by atomic mass is 10.3. The van der Waals surface area contributed by atoms with Crippen LogP contribution >= 0.6 is 0 Å². The predicted octanol–water partition coefficient (Wildman–Crippen LogP) is -1.02. The van der Waals surface area contributed by atoms with Crippen molar-refractivity contribution in [3.8, 4) is 0 Å². The van der Waals surface area contributed by atoms with E-state index >= 15 is 0 Å². The van der Waals surface area contributed by atoms with Crippen molar-refractivity contribution >= 4 is 5.91 Å². The van der Waals surface area contributed by atoms with Crippen LogP contribution in [-0.4, -0.2) is 88.8 Å². The fraction of sp³-hybridized carbons (Fsp3) is 0.923. The minimum atomic E-state index is 0.126. The first-order valence-electron chi connectivity index (χ1n) is 7.11. The molecule has 0 bridgehead atoms. The largest absolute Gasteiger partial charge is 0.379 e. The first-order valence-corrected chi connectivity index (χ1v) is 7.11. The Labute approximate surface area is 116 Å². The fourth-order valence-electron chi connectivity index (χ4n) is 1.90. The van der Waals surface area contributed by atoms with Crippen molar-refractivity contribution in [2.45, 2.75) is 6.42 Å². The maximum atomic E-state index is 11.5. The van der Waals surface area contributed by atoms with E-state index in [0.29, 0.717) is 6.42 Å². The number of carbonyl (C=O) groups is 1. The van der Waals surface area contributed by atoms with E-state index in [0.717, 1.165) is 59.0 Å². The molecule has 2 N–H and O–H groups in total. The number of hydrogen-bond donors (Lipinski definition) is 2. The number of likely N-dealkylation sites (N-methyl/N-ethyl adjacent to an activating group) is 1. The number of amides is 1. The van der Waals surface area contributed by atoms with Crippen molar-refractivity contribution in [1.29, 1.82) is 0 Å². The summed E-state index contributed by atoms with van der Waals surface area (Å²) in [6.07, 6.45) is 0.552. The molecule has 1 aliphatic rings. The zero-order chi connectivity index (χ0) is 13.9. The quantitative estimate of drug-likeness (QED) is 0.526. The van der Waals surface area contributed by atoms with Crippen LogP contribution in [0.5, 0.6) is 0 Å². The average Bonchev–Trinajstić information content (AvgIpc) is 2.39. The Hall–Kier alpha value is -0.690. The lowest BCUT2D eigenvalue weighted by Crippen LogP contribution is -2.40. The van der Waals surface area contributed by atoms with Gasteiger partial charge < -0.3 is 20.3 Å². The van der Waals surface area contributed by atoms with Gasteiger partial charge in [-0.25, -0.2) is 0 Å². The van der Waals surface area contributed by atoms with Crippen molar-refractivity contribution in [3.05, 3.63) is 0 Å². The molecule has 6 heteroatoms. The van der Waals surface area contributed by atoms with Gasteiger partial charge in [0.15, 0.2) is 0 Å². The number of carbonyl (C=O) groups excluding carboxylic acids is 1. The molecule has 6 nitrogen and oxygen atoms in total. The van der Waals surface area contributed by atoms with E-state index in [1.165, 1.54) is 0 Å². The summed E-state index contributed by atoms with van der Waals surface area (Å²) in [5.74, 6) is 0.126. The molecule has 1 saturated heterocycles. The molecule has 0 aromatic rings. The van der Waals surface area contributed by atoms with E-state index in [-0.39, 0.29) is 5.91 Å². The number of rotatable bonds is 9. The minimum absolute atomic E-state index is 0.126. The Morgan fingerprint density at radius 2 is 1.95 bits per heavy atom. The lowest BCUT2D eigenvalue weighted by molar-refractivity contribution is -0.121. The van der Waals surface area contributed by atoms with Gasteiger partial charge in [0.2, 0.25) is 5.91 Å². The van der Waals surface area contributed by atoms with Crippen molar-refractivity contribution in [1.82, 2.24) is 20.4 Å². The minimum Gasteiger partial charge on any atom is -0.379 e. The number of nitrogens with zero attached hydrogens (tertiary/aromatic N) is 2. The van der Waals surface area contributed by atoms with Crippen molar-refractivity contribution < 1.29 is 9.53 Å². The normalized spacial score (nSPS) is 16.8. The molecule has 0 saturated carbocycles. The maximum Gasteiger partial charge on any atom is 0.221 e. The Morgan fingerprint density at radius 3 is 2.63 bits per heavy atom. The van der Waals surface area contributed by atoms with Gasteiger partial charge in [-0.2, -0.15) is 0 Å². The summed E-state index contributed by atoms with van der Waals surface area (Å²) in [5.41, 5.74) is 0. The van der Waals surface area contributed by atoms with Crippen LogP contribution in [0.2, 0.25) is 0 Å². The highest BCUT2D eigenvalue weighted by atomic mass is 16.5. The number of hydrogen-bond acceptors (Lipinski definition) is 5. The summed E-state index contributed by atoms with van der Waals surface area (Å²) in [7, 11) is 4.00. The fourth-order valence-corrected chi connectivity index (χ4v) is 1.90. The third kappa shape index (κ3) is 8.93. The van der Waals surface area contributed by atoms with Crippen LogP contribution in [0.4, 0.5) is 0 Å². The van der Waals surface area contributed by atoms with Gasteiger partial charge in [-0.15, -0.1) is 0 Å². The van der Waals surface area contributed by atoms with E-state index in [1.807, 2.05) is 14.1 Å². The SMILES string of the molecule is CN(C)CCNC(=O)CCNCCN1CCOCC1. The molecule has 0 aliphatic carbocycles.